The molecule has 1 N–H and O–H groups in total. The first-order valence-corrected chi connectivity index (χ1v) is 8.34. The topological polar surface area (TPSA) is 80.5 Å². The summed E-state index contributed by atoms with van der Waals surface area (Å²) >= 11 is 5.97. The van der Waals surface area contributed by atoms with Crippen molar-refractivity contribution >= 4 is 17.5 Å². The lowest BCUT2D eigenvalue weighted by atomic mass is 10.1. The first kappa shape index (κ1) is 17.8. The first-order chi connectivity index (χ1) is 12.1. The Labute approximate surface area is 149 Å². The van der Waals surface area contributed by atoms with Gasteiger partial charge in [0.15, 0.2) is 0 Å². The largest absolute Gasteiger partial charge is 0.417 e. The summed E-state index contributed by atoms with van der Waals surface area (Å²) < 4.78 is 23.7. The smallest absolute Gasteiger partial charge is 0.308 e. The van der Waals surface area contributed by atoms with Crippen molar-refractivity contribution in [1.82, 2.24) is 20.4 Å². The van der Waals surface area contributed by atoms with Crippen LogP contribution in [0.5, 0.6) is 0 Å². The summed E-state index contributed by atoms with van der Waals surface area (Å²) in [6, 6.07) is 4.06. The van der Waals surface area contributed by atoms with E-state index in [4.69, 9.17) is 20.8 Å². The van der Waals surface area contributed by atoms with E-state index in [1.54, 1.807) is 6.07 Å². The third-order valence-electron chi connectivity index (χ3n) is 3.84. The summed E-state index contributed by atoms with van der Waals surface area (Å²) in [7, 11) is 0. The number of benzene rings is 1. The summed E-state index contributed by atoms with van der Waals surface area (Å²) in [5.74, 6) is -0.695. The number of amides is 1. The average molecular weight is 369 g/mol. The molecule has 1 aromatic carbocycles. The van der Waals surface area contributed by atoms with Crippen molar-refractivity contribution in [2.75, 3.05) is 39.4 Å². The predicted molar refractivity (Wildman–Crippen MR) is 88.1 cm³/mol. The van der Waals surface area contributed by atoms with Crippen LogP contribution in [-0.4, -0.2) is 60.4 Å². The van der Waals surface area contributed by atoms with E-state index in [1.165, 1.54) is 12.1 Å². The maximum Gasteiger partial charge on any atom is 0.308 e. The van der Waals surface area contributed by atoms with Gasteiger partial charge in [0.1, 0.15) is 5.82 Å². The second-order valence-electron chi connectivity index (χ2n) is 5.62. The predicted octanol–water partition coefficient (Wildman–Crippen LogP) is 1.51. The summed E-state index contributed by atoms with van der Waals surface area (Å²) in [6.45, 7) is 4.37. The van der Waals surface area contributed by atoms with Crippen molar-refractivity contribution < 1.29 is 18.3 Å². The minimum absolute atomic E-state index is 0.102. The van der Waals surface area contributed by atoms with Gasteiger partial charge in [-0.3, -0.25) is 9.69 Å². The van der Waals surface area contributed by atoms with Crippen LogP contribution < -0.4 is 5.32 Å². The van der Waals surface area contributed by atoms with Crippen LogP contribution in [0.4, 0.5) is 4.39 Å². The standard InChI is InChI=1S/C16H18ClFN4O3/c17-13-10-12(18)2-1-11(13)9-14-20-21-16(25-14)15(23)19-3-4-22-5-7-24-8-6-22/h1-2,10H,3-9H2,(H,19,23). The summed E-state index contributed by atoms with van der Waals surface area (Å²) in [5, 5.41) is 10.6. The Kier molecular flexibility index (Phi) is 5.95. The highest BCUT2D eigenvalue weighted by molar-refractivity contribution is 6.31. The van der Waals surface area contributed by atoms with E-state index < -0.39 is 11.7 Å². The lowest BCUT2D eigenvalue weighted by Gasteiger charge is -2.26. The first-order valence-electron chi connectivity index (χ1n) is 7.96. The van der Waals surface area contributed by atoms with Crippen LogP contribution in [-0.2, 0) is 11.2 Å². The van der Waals surface area contributed by atoms with Crippen LogP contribution in [0.25, 0.3) is 0 Å². The molecule has 134 valence electrons. The molecule has 0 radical (unpaired) electrons. The Morgan fingerprint density at radius 1 is 1.32 bits per heavy atom. The summed E-state index contributed by atoms with van der Waals surface area (Å²) in [5.41, 5.74) is 0.644. The lowest BCUT2D eigenvalue weighted by Crippen LogP contribution is -2.41. The Morgan fingerprint density at radius 3 is 2.88 bits per heavy atom. The van der Waals surface area contributed by atoms with Crippen molar-refractivity contribution in [1.29, 1.82) is 0 Å². The molecular formula is C16H18ClFN4O3. The van der Waals surface area contributed by atoms with Crippen molar-refractivity contribution in [3.05, 3.63) is 46.4 Å². The zero-order valence-corrected chi connectivity index (χ0v) is 14.3. The molecule has 1 aliphatic rings. The van der Waals surface area contributed by atoms with E-state index in [2.05, 4.69) is 20.4 Å². The monoisotopic (exact) mass is 368 g/mol. The number of halogens is 2. The Morgan fingerprint density at radius 2 is 2.12 bits per heavy atom. The van der Waals surface area contributed by atoms with Crippen molar-refractivity contribution in [3.63, 3.8) is 0 Å². The molecule has 1 fully saturated rings. The molecule has 1 aliphatic heterocycles. The maximum absolute atomic E-state index is 13.0. The van der Waals surface area contributed by atoms with Gasteiger partial charge in [-0.1, -0.05) is 17.7 Å². The van der Waals surface area contributed by atoms with Gasteiger partial charge in [0.25, 0.3) is 0 Å². The zero-order chi connectivity index (χ0) is 17.6. The molecule has 1 amide bonds. The van der Waals surface area contributed by atoms with Gasteiger partial charge in [-0.05, 0) is 17.7 Å². The molecular weight excluding hydrogens is 351 g/mol. The fraction of sp³-hybridized carbons (Fsp3) is 0.438. The Balaban J connectivity index is 1.50. The number of ether oxygens (including phenoxy) is 1. The Bertz CT molecular complexity index is 734. The van der Waals surface area contributed by atoms with Gasteiger partial charge in [0.2, 0.25) is 5.89 Å². The fourth-order valence-corrected chi connectivity index (χ4v) is 2.71. The van der Waals surface area contributed by atoms with E-state index in [0.29, 0.717) is 25.3 Å². The van der Waals surface area contributed by atoms with Crippen LogP contribution in [0, 0.1) is 5.82 Å². The van der Waals surface area contributed by atoms with Crippen LogP contribution in [0.1, 0.15) is 22.1 Å². The number of nitrogens with one attached hydrogen (secondary N) is 1. The molecule has 1 saturated heterocycles. The SMILES string of the molecule is O=C(NCCN1CCOCC1)c1nnc(Cc2ccc(F)cc2Cl)o1. The molecule has 2 aromatic rings. The molecule has 1 aromatic heterocycles. The normalized spacial score (nSPS) is 15.3. The van der Waals surface area contributed by atoms with Crippen LogP contribution in [0.15, 0.2) is 22.6 Å². The lowest BCUT2D eigenvalue weighted by molar-refractivity contribution is 0.0382. The highest BCUT2D eigenvalue weighted by Crippen LogP contribution is 2.20. The second kappa shape index (κ2) is 8.37. The molecule has 9 heteroatoms. The average Bonchev–Trinajstić information content (AvgIpc) is 3.07. The number of morpholine rings is 1. The van der Waals surface area contributed by atoms with Gasteiger partial charge in [0, 0.05) is 31.2 Å². The van der Waals surface area contributed by atoms with E-state index in [9.17, 15) is 9.18 Å². The van der Waals surface area contributed by atoms with Crippen molar-refractivity contribution in [2.24, 2.45) is 0 Å². The molecule has 0 unspecified atom stereocenters. The summed E-state index contributed by atoms with van der Waals surface area (Å²) in [6.07, 6.45) is 0.229. The Hall–Kier alpha value is -2.03. The fourth-order valence-electron chi connectivity index (χ4n) is 2.47. The van der Waals surface area contributed by atoms with Crippen molar-refractivity contribution in [2.45, 2.75) is 6.42 Å². The van der Waals surface area contributed by atoms with Gasteiger partial charge < -0.3 is 14.5 Å². The minimum atomic E-state index is -0.419. The third kappa shape index (κ3) is 4.97. The van der Waals surface area contributed by atoms with Gasteiger partial charge in [-0.25, -0.2) is 4.39 Å². The number of hydrogen-bond donors (Lipinski definition) is 1. The quantitative estimate of drug-likeness (QED) is 0.832. The number of carbonyl (C=O) groups excluding carboxylic acids is 1. The summed E-state index contributed by atoms with van der Waals surface area (Å²) in [4.78, 5) is 14.2. The van der Waals surface area contributed by atoms with Gasteiger partial charge >= 0.3 is 11.8 Å². The van der Waals surface area contributed by atoms with Crippen LogP contribution >= 0.6 is 11.6 Å². The van der Waals surface area contributed by atoms with Gasteiger partial charge in [0.05, 0.1) is 19.6 Å². The molecule has 0 aliphatic carbocycles. The van der Waals surface area contributed by atoms with E-state index >= 15 is 0 Å². The molecule has 0 saturated carbocycles. The number of aromatic nitrogens is 2. The molecule has 0 atom stereocenters. The maximum atomic E-state index is 13.0. The number of nitrogens with zero attached hydrogens (tertiary/aromatic N) is 3. The van der Waals surface area contributed by atoms with Gasteiger partial charge in [-0.2, -0.15) is 0 Å². The van der Waals surface area contributed by atoms with Crippen molar-refractivity contribution in [3.8, 4) is 0 Å². The minimum Gasteiger partial charge on any atom is -0.417 e. The highest BCUT2D eigenvalue weighted by atomic mass is 35.5. The molecule has 0 spiro atoms. The molecule has 7 nitrogen and oxygen atoms in total. The number of hydrogen-bond acceptors (Lipinski definition) is 6. The zero-order valence-electron chi connectivity index (χ0n) is 13.5. The highest BCUT2D eigenvalue weighted by Gasteiger charge is 2.16. The van der Waals surface area contributed by atoms with E-state index in [1.807, 2.05) is 0 Å². The molecule has 3 rings (SSSR count). The van der Waals surface area contributed by atoms with E-state index in [-0.39, 0.29) is 23.2 Å². The number of rotatable bonds is 6. The van der Waals surface area contributed by atoms with Crippen LogP contribution in [0.2, 0.25) is 5.02 Å². The molecule has 25 heavy (non-hydrogen) atoms. The second-order valence-corrected chi connectivity index (χ2v) is 6.03. The van der Waals surface area contributed by atoms with E-state index in [0.717, 1.165) is 19.6 Å². The molecule has 0 bridgehead atoms. The number of carbonyl (C=O) groups is 1. The molecule has 2 heterocycles. The third-order valence-corrected chi connectivity index (χ3v) is 4.19. The van der Waals surface area contributed by atoms with Gasteiger partial charge in [-0.15, -0.1) is 10.2 Å². The van der Waals surface area contributed by atoms with Crippen LogP contribution in [0.3, 0.4) is 0 Å².